The van der Waals surface area contributed by atoms with Gasteiger partial charge in [0.25, 0.3) is 11.8 Å². The Morgan fingerprint density at radius 1 is 1.15 bits per heavy atom. The van der Waals surface area contributed by atoms with E-state index in [1.54, 1.807) is 19.2 Å². The maximum atomic E-state index is 13.2. The van der Waals surface area contributed by atoms with Crippen molar-refractivity contribution in [3.8, 4) is 17.2 Å². The number of carbonyl (C=O) groups is 1. The molecule has 1 N–H and O–H groups in total. The molecule has 8 heteroatoms. The Morgan fingerprint density at radius 3 is 2.73 bits per heavy atom. The van der Waals surface area contributed by atoms with Crippen LogP contribution in [0.4, 0.5) is 8.78 Å². The molecule has 1 heterocycles. The number of hydrogen-bond acceptors (Lipinski definition) is 5. The highest BCUT2D eigenvalue weighted by Gasteiger charge is 2.14. The number of nitrogens with zero attached hydrogens (tertiary/aromatic N) is 2. The second-order valence-electron chi connectivity index (χ2n) is 5.34. The van der Waals surface area contributed by atoms with Gasteiger partial charge in [-0.3, -0.25) is 4.79 Å². The molecule has 0 spiro atoms. The van der Waals surface area contributed by atoms with E-state index in [1.807, 2.05) is 12.1 Å². The molecule has 1 amide bonds. The number of rotatable bonds is 6. The summed E-state index contributed by atoms with van der Waals surface area (Å²) in [6, 6.07) is 10.2. The van der Waals surface area contributed by atoms with Gasteiger partial charge in [-0.2, -0.15) is 0 Å². The lowest BCUT2D eigenvalue weighted by Crippen LogP contribution is -2.25. The smallest absolute Gasteiger partial charge is 0.251 e. The Hall–Kier alpha value is -3.29. The first-order valence-corrected chi connectivity index (χ1v) is 7.77. The molecule has 26 heavy (non-hydrogen) atoms. The average molecular weight is 359 g/mol. The van der Waals surface area contributed by atoms with E-state index in [9.17, 15) is 13.6 Å². The maximum absolute atomic E-state index is 13.2. The lowest BCUT2D eigenvalue weighted by atomic mass is 10.2. The van der Waals surface area contributed by atoms with Gasteiger partial charge in [0.1, 0.15) is 5.75 Å². The second kappa shape index (κ2) is 7.73. The molecule has 0 bridgehead atoms. The van der Waals surface area contributed by atoms with E-state index in [0.717, 1.165) is 12.1 Å². The summed E-state index contributed by atoms with van der Waals surface area (Å²) < 4.78 is 36.9. The largest absolute Gasteiger partial charge is 0.496 e. The van der Waals surface area contributed by atoms with Gasteiger partial charge in [0, 0.05) is 18.5 Å². The molecule has 0 radical (unpaired) electrons. The summed E-state index contributed by atoms with van der Waals surface area (Å²) in [6.45, 7) is 0.200. The minimum Gasteiger partial charge on any atom is -0.496 e. The molecule has 0 aliphatic heterocycles. The Kier molecular flexibility index (Phi) is 5.21. The second-order valence-corrected chi connectivity index (χ2v) is 5.34. The van der Waals surface area contributed by atoms with E-state index in [0.29, 0.717) is 23.1 Å². The summed E-state index contributed by atoms with van der Waals surface area (Å²) >= 11 is 0. The number of ether oxygens (including phenoxy) is 1. The molecule has 1 aromatic heterocycles. The van der Waals surface area contributed by atoms with Crippen molar-refractivity contribution in [2.75, 3.05) is 13.7 Å². The number of carbonyl (C=O) groups excluding carboxylic acids is 1. The van der Waals surface area contributed by atoms with E-state index in [4.69, 9.17) is 9.15 Å². The van der Waals surface area contributed by atoms with Gasteiger partial charge in [-0.15, -0.1) is 10.2 Å². The number of halogens is 2. The molecule has 3 aromatic rings. The van der Waals surface area contributed by atoms with Gasteiger partial charge < -0.3 is 14.5 Å². The Morgan fingerprint density at radius 2 is 1.96 bits per heavy atom. The van der Waals surface area contributed by atoms with Crippen LogP contribution in [-0.4, -0.2) is 29.8 Å². The number of para-hydroxylation sites is 1. The van der Waals surface area contributed by atoms with E-state index >= 15 is 0 Å². The van der Waals surface area contributed by atoms with Crippen molar-refractivity contribution in [1.82, 2.24) is 15.5 Å². The SMILES string of the molecule is COc1ccccc1-c1nnc(CCNC(=O)c2ccc(F)c(F)c2)o1. The van der Waals surface area contributed by atoms with Crippen LogP contribution in [0.15, 0.2) is 46.9 Å². The lowest BCUT2D eigenvalue weighted by molar-refractivity contribution is 0.0953. The van der Waals surface area contributed by atoms with Crippen molar-refractivity contribution in [3.05, 3.63) is 65.6 Å². The standard InChI is InChI=1S/C18H15F2N3O3/c1-25-15-5-3-2-4-12(15)18-23-22-16(26-18)8-9-21-17(24)11-6-7-13(19)14(20)10-11/h2-7,10H,8-9H2,1H3,(H,21,24). The number of benzene rings is 2. The van der Waals surface area contributed by atoms with Gasteiger partial charge in [0.15, 0.2) is 11.6 Å². The summed E-state index contributed by atoms with van der Waals surface area (Å²) in [5.74, 6) is -1.35. The van der Waals surface area contributed by atoms with E-state index < -0.39 is 17.5 Å². The van der Waals surface area contributed by atoms with Crippen molar-refractivity contribution in [1.29, 1.82) is 0 Å². The van der Waals surface area contributed by atoms with Crippen LogP contribution in [0.1, 0.15) is 16.2 Å². The van der Waals surface area contributed by atoms with Crippen LogP contribution in [-0.2, 0) is 6.42 Å². The fraction of sp³-hybridized carbons (Fsp3) is 0.167. The molecule has 0 saturated carbocycles. The molecule has 3 rings (SSSR count). The lowest BCUT2D eigenvalue weighted by Gasteiger charge is -2.04. The topological polar surface area (TPSA) is 77.3 Å². The highest BCUT2D eigenvalue weighted by molar-refractivity contribution is 5.94. The zero-order valence-electron chi connectivity index (χ0n) is 13.8. The molecule has 0 aliphatic carbocycles. The van der Waals surface area contributed by atoms with Crippen molar-refractivity contribution in [3.63, 3.8) is 0 Å². The number of aromatic nitrogens is 2. The van der Waals surface area contributed by atoms with Crippen molar-refractivity contribution < 1.29 is 22.7 Å². The zero-order chi connectivity index (χ0) is 18.5. The minimum atomic E-state index is -1.07. The van der Waals surface area contributed by atoms with E-state index in [2.05, 4.69) is 15.5 Å². The zero-order valence-corrected chi connectivity index (χ0v) is 13.8. The summed E-state index contributed by atoms with van der Waals surface area (Å²) in [5, 5.41) is 10.5. The van der Waals surface area contributed by atoms with Gasteiger partial charge in [0.05, 0.1) is 12.7 Å². The monoisotopic (exact) mass is 359 g/mol. The summed E-state index contributed by atoms with van der Waals surface area (Å²) in [5.41, 5.74) is 0.698. The van der Waals surface area contributed by atoms with Crippen LogP contribution in [0.25, 0.3) is 11.5 Å². The van der Waals surface area contributed by atoms with Crippen LogP contribution >= 0.6 is 0 Å². The van der Waals surface area contributed by atoms with Crippen LogP contribution in [0, 0.1) is 11.6 Å². The van der Waals surface area contributed by atoms with E-state index in [1.165, 1.54) is 6.07 Å². The first kappa shape index (κ1) is 17.5. The van der Waals surface area contributed by atoms with Gasteiger partial charge in [-0.25, -0.2) is 8.78 Å². The highest BCUT2D eigenvalue weighted by atomic mass is 19.2. The quantitative estimate of drug-likeness (QED) is 0.732. The van der Waals surface area contributed by atoms with Crippen molar-refractivity contribution >= 4 is 5.91 Å². The number of hydrogen-bond donors (Lipinski definition) is 1. The van der Waals surface area contributed by atoms with Gasteiger partial charge in [0.2, 0.25) is 5.89 Å². The molecule has 0 unspecified atom stereocenters. The third kappa shape index (κ3) is 3.85. The third-order valence-electron chi connectivity index (χ3n) is 3.61. The maximum Gasteiger partial charge on any atom is 0.251 e. The minimum absolute atomic E-state index is 0.0316. The molecule has 0 fully saturated rings. The fourth-order valence-electron chi connectivity index (χ4n) is 2.31. The summed E-state index contributed by atoms with van der Waals surface area (Å²) in [6.07, 6.45) is 0.289. The van der Waals surface area contributed by atoms with Crippen LogP contribution in [0.5, 0.6) is 5.75 Å². The number of amides is 1. The Balaban J connectivity index is 1.60. The van der Waals surface area contributed by atoms with Crippen molar-refractivity contribution in [2.24, 2.45) is 0 Å². The molecule has 0 atom stereocenters. The number of methoxy groups -OCH3 is 1. The molecule has 2 aromatic carbocycles. The Labute approximate surface area is 147 Å². The molecule has 6 nitrogen and oxygen atoms in total. The van der Waals surface area contributed by atoms with Crippen molar-refractivity contribution in [2.45, 2.75) is 6.42 Å². The van der Waals surface area contributed by atoms with Crippen LogP contribution in [0.3, 0.4) is 0 Å². The first-order chi connectivity index (χ1) is 12.6. The van der Waals surface area contributed by atoms with Crippen LogP contribution in [0.2, 0.25) is 0 Å². The molecule has 134 valence electrons. The average Bonchev–Trinajstić information content (AvgIpc) is 3.12. The number of nitrogens with one attached hydrogen (secondary N) is 1. The van der Waals surface area contributed by atoms with Crippen LogP contribution < -0.4 is 10.1 Å². The fourth-order valence-corrected chi connectivity index (χ4v) is 2.31. The normalized spacial score (nSPS) is 10.6. The third-order valence-corrected chi connectivity index (χ3v) is 3.61. The highest BCUT2D eigenvalue weighted by Crippen LogP contribution is 2.28. The molecule has 0 saturated heterocycles. The van der Waals surface area contributed by atoms with Gasteiger partial charge >= 0.3 is 0 Å². The molecular weight excluding hydrogens is 344 g/mol. The van der Waals surface area contributed by atoms with E-state index in [-0.39, 0.29) is 18.5 Å². The first-order valence-electron chi connectivity index (χ1n) is 7.77. The summed E-state index contributed by atoms with van der Waals surface area (Å²) in [7, 11) is 1.55. The predicted molar refractivity (Wildman–Crippen MR) is 88.7 cm³/mol. The van der Waals surface area contributed by atoms with Gasteiger partial charge in [-0.1, -0.05) is 12.1 Å². The Bertz CT molecular complexity index is 928. The summed E-state index contributed by atoms with van der Waals surface area (Å²) in [4.78, 5) is 11.9. The van der Waals surface area contributed by atoms with Gasteiger partial charge in [-0.05, 0) is 30.3 Å². The predicted octanol–water partition coefficient (Wildman–Crippen LogP) is 3.00. The molecule has 0 aliphatic rings. The molecular formula is C18H15F2N3O3.